The Morgan fingerprint density at radius 3 is 3.11 bits per heavy atom. The molecule has 2 aromatic heterocycles. The maximum atomic E-state index is 12.2. The van der Waals surface area contributed by atoms with Gasteiger partial charge in [0.25, 0.3) is 0 Å². The van der Waals surface area contributed by atoms with Crippen LogP contribution in [0.1, 0.15) is 36.9 Å². The smallest absolute Gasteiger partial charge is 0.225 e. The van der Waals surface area contributed by atoms with Crippen LogP contribution in [0.2, 0.25) is 0 Å². The van der Waals surface area contributed by atoms with Crippen molar-refractivity contribution in [3.63, 3.8) is 0 Å². The number of nitrogens with one attached hydrogen (secondary N) is 2. The number of aromatic amines is 1. The lowest BCUT2D eigenvalue weighted by Crippen LogP contribution is -2.12. The summed E-state index contributed by atoms with van der Waals surface area (Å²) in [6.45, 7) is 0.793. The molecule has 0 radical (unpaired) electrons. The van der Waals surface area contributed by atoms with Gasteiger partial charge in [0.2, 0.25) is 5.91 Å². The number of thioether (sulfide) groups is 1. The zero-order valence-electron chi connectivity index (χ0n) is 15.0. The first kappa shape index (κ1) is 18.0. The van der Waals surface area contributed by atoms with Crippen molar-refractivity contribution >= 4 is 34.4 Å². The Morgan fingerprint density at radius 1 is 1.33 bits per heavy atom. The van der Waals surface area contributed by atoms with Crippen molar-refractivity contribution in [2.24, 2.45) is 0 Å². The molecule has 1 saturated heterocycles. The molecule has 0 bridgehead atoms. The molecule has 1 aliphatic heterocycles. The molecule has 3 heterocycles. The number of pyridine rings is 1. The fourth-order valence-electron chi connectivity index (χ4n) is 3.10. The molecule has 4 rings (SSSR count). The van der Waals surface area contributed by atoms with E-state index in [0.717, 1.165) is 59.2 Å². The third kappa shape index (κ3) is 4.67. The lowest BCUT2D eigenvalue weighted by atomic mass is 10.2. The second kappa shape index (κ2) is 8.54. The number of carbonyl (C=O) groups excluding carboxylic acids is 1. The van der Waals surface area contributed by atoms with E-state index in [1.807, 2.05) is 36.4 Å². The maximum absolute atomic E-state index is 12.2. The van der Waals surface area contributed by atoms with Gasteiger partial charge in [-0.15, -0.1) is 0 Å². The van der Waals surface area contributed by atoms with Gasteiger partial charge in [0, 0.05) is 36.4 Å². The molecule has 0 aliphatic carbocycles. The number of ether oxygens (including phenoxy) is 1. The molecular weight excluding hydrogens is 360 g/mol. The molecule has 1 aromatic carbocycles. The molecule has 1 atom stereocenters. The molecule has 6 nitrogen and oxygen atoms in total. The Labute approximate surface area is 162 Å². The van der Waals surface area contributed by atoms with Gasteiger partial charge in [-0.05, 0) is 43.2 Å². The molecule has 140 valence electrons. The standard InChI is InChI=1S/C20H22N4O2S/c25-19(8-11-27-13-15-4-1-2-9-21-15)22-14-6-7-16-17(12-14)24-20(23-16)18-5-3-10-26-18/h1-2,4,6-7,9,12,18H,3,5,8,10-11,13H2,(H,22,25)(H,23,24). The number of fused-ring (bicyclic) bond motifs is 1. The highest BCUT2D eigenvalue weighted by Crippen LogP contribution is 2.28. The summed E-state index contributed by atoms with van der Waals surface area (Å²) in [7, 11) is 0. The van der Waals surface area contributed by atoms with Crippen molar-refractivity contribution in [3.8, 4) is 0 Å². The molecule has 1 amide bonds. The normalized spacial score (nSPS) is 16.7. The van der Waals surface area contributed by atoms with E-state index in [1.165, 1.54) is 0 Å². The van der Waals surface area contributed by atoms with Crippen molar-refractivity contribution in [3.05, 3.63) is 54.1 Å². The molecule has 0 spiro atoms. The van der Waals surface area contributed by atoms with Crippen molar-refractivity contribution in [2.45, 2.75) is 31.1 Å². The van der Waals surface area contributed by atoms with Crippen LogP contribution in [0.15, 0.2) is 42.6 Å². The summed E-state index contributed by atoms with van der Waals surface area (Å²) in [5, 5.41) is 2.96. The fraction of sp³-hybridized carbons (Fsp3) is 0.350. The third-order valence-electron chi connectivity index (χ3n) is 4.47. The molecule has 3 aromatic rings. The summed E-state index contributed by atoms with van der Waals surface area (Å²) in [5.74, 6) is 2.47. The number of imidazole rings is 1. The minimum atomic E-state index is 0.0155. The molecular formula is C20H22N4O2S. The predicted molar refractivity (Wildman–Crippen MR) is 108 cm³/mol. The minimum absolute atomic E-state index is 0.0155. The summed E-state index contributed by atoms with van der Waals surface area (Å²) in [4.78, 5) is 24.4. The van der Waals surface area contributed by atoms with Gasteiger partial charge in [0.05, 0.1) is 16.7 Å². The number of H-pyrrole nitrogens is 1. The Kier molecular flexibility index (Phi) is 5.69. The zero-order chi connectivity index (χ0) is 18.5. The van der Waals surface area contributed by atoms with Crippen LogP contribution < -0.4 is 5.32 Å². The average Bonchev–Trinajstić information content (AvgIpc) is 3.35. The molecule has 0 saturated carbocycles. The van der Waals surface area contributed by atoms with E-state index in [9.17, 15) is 4.79 Å². The number of rotatable bonds is 7. The molecule has 1 fully saturated rings. The van der Waals surface area contributed by atoms with Crippen LogP contribution in [0.3, 0.4) is 0 Å². The van der Waals surface area contributed by atoms with E-state index in [2.05, 4.69) is 20.3 Å². The number of hydrogen-bond donors (Lipinski definition) is 2. The maximum Gasteiger partial charge on any atom is 0.225 e. The average molecular weight is 382 g/mol. The van der Waals surface area contributed by atoms with Gasteiger partial charge < -0.3 is 15.0 Å². The van der Waals surface area contributed by atoms with E-state index >= 15 is 0 Å². The Morgan fingerprint density at radius 2 is 2.30 bits per heavy atom. The van der Waals surface area contributed by atoms with Gasteiger partial charge >= 0.3 is 0 Å². The number of benzene rings is 1. The van der Waals surface area contributed by atoms with Crippen LogP contribution in [-0.4, -0.2) is 33.2 Å². The van der Waals surface area contributed by atoms with Crippen molar-refractivity contribution in [1.82, 2.24) is 15.0 Å². The topological polar surface area (TPSA) is 79.9 Å². The van der Waals surface area contributed by atoms with Crippen LogP contribution in [0.5, 0.6) is 0 Å². The van der Waals surface area contributed by atoms with Gasteiger partial charge in [0.15, 0.2) is 0 Å². The third-order valence-corrected chi connectivity index (χ3v) is 5.46. The quantitative estimate of drug-likeness (QED) is 0.602. The van der Waals surface area contributed by atoms with Crippen LogP contribution in [0.25, 0.3) is 11.0 Å². The SMILES string of the molecule is O=C(CCSCc1ccccn1)Nc1ccc2nc(C3CCCO3)[nH]c2c1. The van der Waals surface area contributed by atoms with Crippen molar-refractivity contribution in [2.75, 3.05) is 17.7 Å². The second-order valence-electron chi connectivity index (χ2n) is 6.53. The van der Waals surface area contributed by atoms with Crippen LogP contribution in [0, 0.1) is 0 Å². The minimum Gasteiger partial charge on any atom is -0.370 e. The lowest BCUT2D eigenvalue weighted by molar-refractivity contribution is -0.115. The Hall–Kier alpha value is -2.38. The van der Waals surface area contributed by atoms with Gasteiger partial charge in [-0.25, -0.2) is 4.98 Å². The van der Waals surface area contributed by atoms with E-state index in [-0.39, 0.29) is 12.0 Å². The Bertz CT molecular complexity index is 907. The van der Waals surface area contributed by atoms with Gasteiger partial charge in [-0.2, -0.15) is 11.8 Å². The number of hydrogen-bond acceptors (Lipinski definition) is 5. The van der Waals surface area contributed by atoms with E-state index in [0.29, 0.717) is 6.42 Å². The summed E-state index contributed by atoms with van der Waals surface area (Å²) in [6.07, 6.45) is 4.39. The largest absolute Gasteiger partial charge is 0.370 e. The zero-order valence-corrected chi connectivity index (χ0v) is 15.8. The fourth-order valence-corrected chi connectivity index (χ4v) is 3.96. The molecule has 27 heavy (non-hydrogen) atoms. The van der Waals surface area contributed by atoms with Gasteiger partial charge in [-0.3, -0.25) is 9.78 Å². The van der Waals surface area contributed by atoms with Crippen LogP contribution in [-0.2, 0) is 15.3 Å². The van der Waals surface area contributed by atoms with Crippen molar-refractivity contribution < 1.29 is 9.53 Å². The second-order valence-corrected chi connectivity index (χ2v) is 7.63. The Balaban J connectivity index is 1.29. The van der Waals surface area contributed by atoms with E-state index in [1.54, 1.807) is 18.0 Å². The number of nitrogens with zero attached hydrogens (tertiary/aromatic N) is 2. The highest BCUT2D eigenvalue weighted by Gasteiger charge is 2.21. The molecule has 2 N–H and O–H groups in total. The summed E-state index contributed by atoms with van der Waals surface area (Å²) in [5.41, 5.74) is 3.63. The summed E-state index contributed by atoms with van der Waals surface area (Å²) in [6, 6.07) is 11.6. The van der Waals surface area contributed by atoms with Crippen molar-refractivity contribution in [1.29, 1.82) is 0 Å². The number of anilines is 1. The molecule has 1 aliphatic rings. The van der Waals surface area contributed by atoms with Gasteiger partial charge in [-0.1, -0.05) is 6.07 Å². The summed E-state index contributed by atoms with van der Waals surface area (Å²) >= 11 is 1.71. The lowest BCUT2D eigenvalue weighted by Gasteiger charge is -2.05. The first-order valence-electron chi connectivity index (χ1n) is 9.17. The highest BCUT2D eigenvalue weighted by atomic mass is 32.2. The van der Waals surface area contributed by atoms with Crippen LogP contribution in [0.4, 0.5) is 5.69 Å². The summed E-state index contributed by atoms with van der Waals surface area (Å²) < 4.78 is 5.68. The molecule has 7 heteroatoms. The number of amides is 1. The predicted octanol–water partition coefficient (Wildman–Crippen LogP) is 4.07. The number of carbonyl (C=O) groups is 1. The first-order valence-corrected chi connectivity index (χ1v) is 10.3. The monoisotopic (exact) mass is 382 g/mol. The highest BCUT2D eigenvalue weighted by molar-refractivity contribution is 7.98. The van der Waals surface area contributed by atoms with Gasteiger partial charge in [0.1, 0.15) is 11.9 Å². The van der Waals surface area contributed by atoms with E-state index < -0.39 is 0 Å². The molecule has 1 unspecified atom stereocenters. The first-order chi connectivity index (χ1) is 13.3. The van der Waals surface area contributed by atoms with Crippen LogP contribution >= 0.6 is 11.8 Å². The number of aromatic nitrogens is 3. The van der Waals surface area contributed by atoms with E-state index in [4.69, 9.17) is 4.74 Å².